The Morgan fingerprint density at radius 2 is 1.74 bits per heavy atom. The van der Waals surface area contributed by atoms with Crippen molar-refractivity contribution in [1.82, 2.24) is 5.32 Å². The summed E-state index contributed by atoms with van der Waals surface area (Å²) < 4.78 is 5.60. The molecule has 1 unspecified atom stereocenters. The van der Waals surface area contributed by atoms with Crippen molar-refractivity contribution in [2.75, 3.05) is 19.8 Å². The van der Waals surface area contributed by atoms with E-state index >= 15 is 0 Å². The first-order valence-corrected chi connectivity index (χ1v) is 7.47. The Labute approximate surface area is 118 Å². The van der Waals surface area contributed by atoms with Crippen LogP contribution in [0.25, 0.3) is 0 Å². The van der Waals surface area contributed by atoms with Gasteiger partial charge in [-0.2, -0.15) is 0 Å². The number of hydrogen-bond donors (Lipinski definition) is 1. The van der Waals surface area contributed by atoms with Crippen molar-refractivity contribution >= 4 is 0 Å². The largest absolute Gasteiger partial charge is 0.381 e. The predicted molar refractivity (Wildman–Crippen MR) is 82.3 cm³/mol. The summed E-state index contributed by atoms with van der Waals surface area (Å²) in [5, 5.41) is 3.64. The van der Waals surface area contributed by atoms with Crippen LogP contribution in [0.4, 0.5) is 0 Å². The van der Waals surface area contributed by atoms with Crippen molar-refractivity contribution in [3.05, 3.63) is 35.9 Å². The summed E-state index contributed by atoms with van der Waals surface area (Å²) in [5.74, 6) is 1.22. The van der Waals surface area contributed by atoms with E-state index in [0.29, 0.717) is 17.9 Å². The van der Waals surface area contributed by atoms with E-state index in [4.69, 9.17) is 4.74 Å². The van der Waals surface area contributed by atoms with Crippen molar-refractivity contribution in [2.45, 2.75) is 40.2 Å². The van der Waals surface area contributed by atoms with Gasteiger partial charge >= 0.3 is 0 Å². The summed E-state index contributed by atoms with van der Waals surface area (Å²) in [4.78, 5) is 0. The third kappa shape index (κ3) is 6.74. The van der Waals surface area contributed by atoms with Crippen LogP contribution in [-0.2, 0) is 4.74 Å². The molecule has 0 aromatic heterocycles. The van der Waals surface area contributed by atoms with Crippen molar-refractivity contribution in [3.8, 4) is 0 Å². The number of ether oxygens (including phenoxy) is 1. The van der Waals surface area contributed by atoms with Crippen molar-refractivity contribution in [1.29, 1.82) is 0 Å². The monoisotopic (exact) mass is 263 g/mol. The zero-order valence-electron chi connectivity index (χ0n) is 12.9. The standard InChI is InChI=1S/C17H29NO/c1-14(2)13-19-12-8-11-18-17(15(3)4)16-9-6-5-7-10-16/h5-7,9-10,14-15,17-18H,8,11-13H2,1-4H3. The SMILES string of the molecule is CC(C)COCCCNC(c1ccccc1)C(C)C. The quantitative estimate of drug-likeness (QED) is 0.679. The lowest BCUT2D eigenvalue weighted by Crippen LogP contribution is -2.27. The van der Waals surface area contributed by atoms with Crippen LogP contribution in [0.2, 0.25) is 0 Å². The fraction of sp³-hybridized carbons (Fsp3) is 0.647. The molecule has 0 aliphatic heterocycles. The molecular weight excluding hydrogens is 234 g/mol. The molecule has 2 nitrogen and oxygen atoms in total. The maximum absolute atomic E-state index is 5.60. The normalized spacial score (nSPS) is 13.2. The maximum Gasteiger partial charge on any atom is 0.0489 e. The Bertz CT molecular complexity index is 321. The first-order chi connectivity index (χ1) is 9.11. The van der Waals surface area contributed by atoms with Gasteiger partial charge in [-0.15, -0.1) is 0 Å². The number of rotatable bonds is 9. The average molecular weight is 263 g/mol. The molecule has 19 heavy (non-hydrogen) atoms. The predicted octanol–water partition coefficient (Wildman–Crippen LogP) is 4.04. The molecule has 1 N–H and O–H groups in total. The number of benzene rings is 1. The topological polar surface area (TPSA) is 21.3 Å². The Kier molecular flexibility index (Phi) is 7.76. The second kappa shape index (κ2) is 9.11. The molecule has 0 fully saturated rings. The molecular formula is C17H29NO. The van der Waals surface area contributed by atoms with E-state index in [2.05, 4.69) is 63.3 Å². The average Bonchev–Trinajstić information content (AvgIpc) is 2.38. The van der Waals surface area contributed by atoms with Crippen LogP contribution in [0.3, 0.4) is 0 Å². The molecule has 1 atom stereocenters. The maximum atomic E-state index is 5.60. The molecule has 0 saturated carbocycles. The van der Waals surface area contributed by atoms with Crippen LogP contribution < -0.4 is 5.32 Å². The highest BCUT2D eigenvalue weighted by molar-refractivity contribution is 5.19. The van der Waals surface area contributed by atoms with Crippen LogP contribution in [0, 0.1) is 11.8 Å². The van der Waals surface area contributed by atoms with Crippen LogP contribution in [0.1, 0.15) is 45.7 Å². The minimum atomic E-state index is 0.436. The first-order valence-electron chi connectivity index (χ1n) is 7.47. The van der Waals surface area contributed by atoms with E-state index < -0.39 is 0 Å². The number of nitrogens with one attached hydrogen (secondary N) is 1. The molecule has 0 amide bonds. The van der Waals surface area contributed by atoms with Gasteiger partial charge in [0.15, 0.2) is 0 Å². The minimum Gasteiger partial charge on any atom is -0.381 e. The first kappa shape index (κ1) is 16.2. The van der Waals surface area contributed by atoms with Crippen LogP contribution in [0.15, 0.2) is 30.3 Å². The van der Waals surface area contributed by atoms with Crippen LogP contribution in [-0.4, -0.2) is 19.8 Å². The van der Waals surface area contributed by atoms with Gasteiger partial charge in [-0.3, -0.25) is 0 Å². The van der Waals surface area contributed by atoms with Gasteiger partial charge in [0.25, 0.3) is 0 Å². The third-order valence-electron chi connectivity index (χ3n) is 3.11. The zero-order chi connectivity index (χ0) is 14.1. The smallest absolute Gasteiger partial charge is 0.0489 e. The second-order valence-electron chi connectivity index (χ2n) is 5.91. The molecule has 0 aliphatic rings. The lowest BCUT2D eigenvalue weighted by Gasteiger charge is -2.23. The van der Waals surface area contributed by atoms with Gasteiger partial charge < -0.3 is 10.1 Å². The number of hydrogen-bond acceptors (Lipinski definition) is 2. The van der Waals surface area contributed by atoms with Gasteiger partial charge in [-0.25, -0.2) is 0 Å². The molecule has 0 saturated heterocycles. The van der Waals surface area contributed by atoms with Gasteiger partial charge in [-0.05, 0) is 30.4 Å². The lowest BCUT2D eigenvalue weighted by atomic mass is 9.96. The molecule has 1 aromatic carbocycles. The summed E-state index contributed by atoms with van der Waals surface area (Å²) in [6.07, 6.45) is 1.07. The lowest BCUT2D eigenvalue weighted by molar-refractivity contribution is 0.107. The fourth-order valence-corrected chi connectivity index (χ4v) is 2.15. The highest BCUT2D eigenvalue weighted by Crippen LogP contribution is 2.20. The molecule has 0 heterocycles. The van der Waals surface area contributed by atoms with E-state index in [1.54, 1.807) is 0 Å². The highest BCUT2D eigenvalue weighted by atomic mass is 16.5. The van der Waals surface area contributed by atoms with Gasteiger partial charge in [0.05, 0.1) is 0 Å². The molecule has 0 aliphatic carbocycles. The molecule has 1 rings (SSSR count). The van der Waals surface area contributed by atoms with Crippen molar-refractivity contribution < 1.29 is 4.74 Å². The Balaban J connectivity index is 2.28. The van der Waals surface area contributed by atoms with Crippen molar-refractivity contribution in [3.63, 3.8) is 0 Å². The fourth-order valence-electron chi connectivity index (χ4n) is 2.15. The Hall–Kier alpha value is -0.860. The van der Waals surface area contributed by atoms with E-state index in [0.717, 1.165) is 26.2 Å². The van der Waals surface area contributed by atoms with E-state index in [9.17, 15) is 0 Å². The summed E-state index contributed by atoms with van der Waals surface area (Å²) >= 11 is 0. The third-order valence-corrected chi connectivity index (χ3v) is 3.11. The second-order valence-corrected chi connectivity index (χ2v) is 5.91. The van der Waals surface area contributed by atoms with Gasteiger partial charge in [0.1, 0.15) is 0 Å². The minimum absolute atomic E-state index is 0.436. The molecule has 2 heteroatoms. The van der Waals surface area contributed by atoms with E-state index in [1.807, 2.05) is 0 Å². The van der Waals surface area contributed by atoms with E-state index in [1.165, 1.54) is 5.56 Å². The van der Waals surface area contributed by atoms with Gasteiger partial charge in [0, 0.05) is 19.3 Å². The Morgan fingerprint density at radius 3 is 2.32 bits per heavy atom. The highest BCUT2D eigenvalue weighted by Gasteiger charge is 2.13. The van der Waals surface area contributed by atoms with Crippen LogP contribution >= 0.6 is 0 Å². The molecule has 108 valence electrons. The molecule has 0 bridgehead atoms. The molecule has 1 aromatic rings. The zero-order valence-corrected chi connectivity index (χ0v) is 12.9. The van der Waals surface area contributed by atoms with Gasteiger partial charge in [0.2, 0.25) is 0 Å². The molecule has 0 radical (unpaired) electrons. The summed E-state index contributed by atoms with van der Waals surface area (Å²) in [7, 11) is 0. The Morgan fingerprint density at radius 1 is 1.05 bits per heavy atom. The summed E-state index contributed by atoms with van der Waals surface area (Å²) in [6.45, 7) is 11.6. The van der Waals surface area contributed by atoms with E-state index in [-0.39, 0.29) is 0 Å². The van der Waals surface area contributed by atoms with Crippen molar-refractivity contribution in [2.24, 2.45) is 11.8 Å². The molecule has 0 spiro atoms. The summed E-state index contributed by atoms with van der Waals surface area (Å²) in [6, 6.07) is 11.1. The summed E-state index contributed by atoms with van der Waals surface area (Å²) in [5.41, 5.74) is 1.38. The van der Waals surface area contributed by atoms with Crippen LogP contribution in [0.5, 0.6) is 0 Å². The van der Waals surface area contributed by atoms with Gasteiger partial charge in [-0.1, -0.05) is 58.0 Å².